The van der Waals surface area contributed by atoms with Crippen LogP contribution in [0.2, 0.25) is 5.15 Å². The Kier molecular flexibility index (Phi) is 3.07. The first-order valence-corrected chi connectivity index (χ1v) is 5.36. The van der Waals surface area contributed by atoms with Gasteiger partial charge >= 0.3 is 5.97 Å². The Morgan fingerprint density at radius 2 is 2.31 bits per heavy atom. The van der Waals surface area contributed by atoms with E-state index in [1.807, 2.05) is 0 Å². The molecule has 1 atom stereocenters. The van der Waals surface area contributed by atoms with Crippen LogP contribution < -0.4 is 0 Å². The van der Waals surface area contributed by atoms with Crippen molar-refractivity contribution in [2.24, 2.45) is 0 Å². The molecule has 1 saturated heterocycles. The summed E-state index contributed by atoms with van der Waals surface area (Å²) in [5.41, 5.74) is 0.349. The maximum Gasteiger partial charge on any atom is 0.340 e. The number of hydrogen-bond donors (Lipinski definition) is 1. The van der Waals surface area contributed by atoms with Gasteiger partial charge in [-0.3, -0.25) is 0 Å². The summed E-state index contributed by atoms with van der Waals surface area (Å²) in [5, 5.41) is 9.06. The Morgan fingerprint density at radius 3 is 2.88 bits per heavy atom. The highest BCUT2D eigenvalue weighted by Crippen LogP contribution is 2.31. The predicted molar refractivity (Wildman–Crippen MR) is 56.7 cm³/mol. The molecule has 0 radical (unpaired) electrons. The van der Waals surface area contributed by atoms with Gasteiger partial charge < -0.3 is 9.84 Å². The third-order valence-corrected chi connectivity index (χ3v) is 2.73. The molecule has 1 aromatic heterocycles. The molecule has 0 amide bonds. The average Bonchev–Trinajstić information content (AvgIpc) is 2.67. The Labute approximate surface area is 97.4 Å². The van der Waals surface area contributed by atoms with E-state index >= 15 is 0 Å². The number of aromatic carboxylic acids is 1. The largest absolute Gasteiger partial charge is 0.478 e. The lowest BCUT2D eigenvalue weighted by molar-refractivity contribution is 0.0678. The first kappa shape index (κ1) is 11.3. The van der Waals surface area contributed by atoms with Gasteiger partial charge in [0.15, 0.2) is 0 Å². The maximum atomic E-state index is 11.1. The minimum absolute atomic E-state index is 0.0227. The van der Waals surface area contributed by atoms with E-state index in [2.05, 4.69) is 9.97 Å². The van der Waals surface area contributed by atoms with Crippen LogP contribution in [0.15, 0.2) is 0 Å². The summed E-state index contributed by atoms with van der Waals surface area (Å²) >= 11 is 5.82. The number of aromatic nitrogens is 2. The van der Waals surface area contributed by atoms with Gasteiger partial charge in [0.1, 0.15) is 22.6 Å². The Hall–Kier alpha value is -1.20. The number of ether oxygens (including phenoxy) is 1. The number of nitrogens with zero attached hydrogens (tertiary/aromatic N) is 2. The fourth-order valence-electron chi connectivity index (χ4n) is 1.78. The van der Waals surface area contributed by atoms with Crippen molar-refractivity contribution >= 4 is 17.6 Å². The lowest BCUT2D eigenvalue weighted by Crippen LogP contribution is -2.12. The smallest absolute Gasteiger partial charge is 0.340 e. The lowest BCUT2D eigenvalue weighted by atomic mass is 10.1. The molecule has 1 fully saturated rings. The van der Waals surface area contributed by atoms with Gasteiger partial charge in [0, 0.05) is 6.61 Å². The van der Waals surface area contributed by atoms with Crippen LogP contribution >= 0.6 is 11.6 Å². The molecule has 1 aromatic rings. The molecule has 1 N–H and O–H groups in total. The Morgan fingerprint density at radius 1 is 1.56 bits per heavy atom. The first-order valence-electron chi connectivity index (χ1n) is 4.98. The molecule has 1 aliphatic heterocycles. The molecule has 0 aliphatic carbocycles. The molecular weight excluding hydrogens is 232 g/mol. The van der Waals surface area contributed by atoms with Crippen LogP contribution in [0.3, 0.4) is 0 Å². The zero-order chi connectivity index (χ0) is 11.7. The summed E-state index contributed by atoms with van der Waals surface area (Å²) < 4.78 is 5.43. The van der Waals surface area contributed by atoms with Gasteiger partial charge in [0.05, 0.1) is 5.69 Å². The molecule has 2 heterocycles. The van der Waals surface area contributed by atoms with E-state index in [0.717, 1.165) is 12.8 Å². The van der Waals surface area contributed by atoms with Crippen molar-refractivity contribution in [1.29, 1.82) is 0 Å². The summed E-state index contributed by atoms with van der Waals surface area (Å²) in [6.07, 6.45) is 1.41. The van der Waals surface area contributed by atoms with Crippen LogP contribution in [0.25, 0.3) is 0 Å². The number of rotatable bonds is 2. The van der Waals surface area contributed by atoms with Crippen LogP contribution in [-0.2, 0) is 4.74 Å². The van der Waals surface area contributed by atoms with Crippen LogP contribution in [0.5, 0.6) is 0 Å². The average molecular weight is 243 g/mol. The second-order valence-corrected chi connectivity index (χ2v) is 3.99. The molecule has 0 aromatic carbocycles. The molecule has 86 valence electrons. The van der Waals surface area contributed by atoms with E-state index in [1.165, 1.54) is 0 Å². The van der Waals surface area contributed by atoms with Crippen molar-refractivity contribution in [3.63, 3.8) is 0 Å². The monoisotopic (exact) mass is 242 g/mol. The van der Waals surface area contributed by atoms with Crippen molar-refractivity contribution in [3.8, 4) is 0 Å². The van der Waals surface area contributed by atoms with Gasteiger partial charge in [-0.25, -0.2) is 14.8 Å². The fraction of sp³-hybridized carbons (Fsp3) is 0.500. The highest BCUT2D eigenvalue weighted by molar-refractivity contribution is 6.32. The van der Waals surface area contributed by atoms with Gasteiger partial charge in [-0.05, 0) is 19.8 Å². The van der Waals surface area contributed by atoms with Crippen molar-refractivity contribution in [2.75, 3.05) is 6.61 Å². The maximum absolute atomic E-state index is 11.1. The summed E-state index contributed by atoms with van der Waals surface area (Å²) in [7, 11) is 0. The topological polar surface area (TPSA) is 72.3 Å². The normalized spacial score (nSPS) is 20.0. The molecule has 0 bridgehead atoms. The third-order valence-electron chi connectivity index (χ3n) is 2.45. The Bertz CT molecular complexity index is 430. The molecule has 2 rings (SSSR count). The number of aryl methyl sites for hydroxylation is 1. The van der Waals surface area contributed by atoms with E-state index < -0.39 is 5.97 Å². The van der Waals surface area contributed by atoms with Gasteiger partial charge in [0.2, 0.25) is 0 Å². The molecule has 0 spiro atoms. The van der Waals surface area contributed by atoms with E-state index in [4.69, 9.17) is 21.4 Å². The lowest BCUT2D eigenvalue weighted by Gasteiger charge is -2.13. The summed E-state index contributed by atoms with van der Waals surface area (Å²) in [4.78, 5) is 19.1. The highest BCUT2D eigenvalue weighted by atomic mass is 35.5. The molecule has 0 saturated carbocycles. The quantitative estimate of drug-likeness (QED) is 0.803. The third kappa shape index (κ3) is 2.01. The number of hydrogen-bond acceptors (Lipinski definition) is 4. The molecule has 1 aliphatic rings. The zero-order valence-electron chi connectivity index (χ0n) is 8.73. The van der Waals surface area contributed by atoms with E-state index in [-0.39, 0.29) is 16.8 Å². The summed E-state index contributed by atoms with van der Waals surface area (Å²) in [6, 6.07) is 0. The van der Waals surface area contributed by atoms with Crippen LogP contribution in [0.1, 0.15) is 40.8 Å². The van der Waals surface area contributed by atoms with Gasteiger partial charge in [-0.2, -0.15) is 0 Å². The molecule has 6 heteroatoms. The number of carbonyl (C=O) groups is 1. The molecule has 1 unspecified atom stereocenters. The SMILES string of the molecule is Cc1nc(Cl)c(C(=O)O)c(C2CCCO2)n1. The predicted octanol–water partition coefficient (Wildman–Crippen LogP) is 1.99. The van der Waals surface area contributed by atoms with E-state index in [0.29, 0.717) is 18.1 Å². The van der Waals surface area contributed by atoms with Crippen molar-refractivity contribution < 1.29 is 14.6 Å². The van der Waals surface area contributed by atoms with Crippen LogP contribution in [0.4, 0.5) is 0 Å². The van der Waals surface area contributed by atoms with Crippen LogP contribution in [-0.4, -0.2) is 27.7 Å². The second-order valence-electron chi connectivity index (χ2n) is 3.63. The van der Waals surface area contributed by atoms with Gasteiger partial charge in [-0.1, -0.05) is 11.6 Å². The number of carboxylic acids is 1. The minimum Gasteiger partial charge on any atom is -0.478 e. The fourth-order valence-corrected chi connectivity index (χ4v) is 2.08. The van der Waals surface area contributed by atoms with Crippen molar-refractivity contribution in [1.82, 2.24) is 9.97 Å². The van der Waals surface area contributed by atoms with Crippen LogP contribution in [0, 0.1) is 6.92 Å². The van der Waals surface area contributed by atoms with Crippen molar-refractivity contribution in [2.45, 2.75) is 25.9 Å². The summed E-state index contributed by atoms with van der Waals surface area (Å²) in [6.45, 7) is 2.31. The van der Waals surface area contributed by atoms with E-state index in [1.54, 1.807) is 6.92 Å². The standard InChI is InChI=1S/C10H11ClN2O3/c1-5-12-8(6-3-2-4-16-6)7(10(14)15)9(11)13-5/h6H,2-4H2,1H3,(H,14,15). The van der Waals surface area contributed by atoms with Gasteiger partial charge in [-0.15, -0.1) is 0 Å². The van der Waals surface area contributed by atoms with E-state index in [9.17, 15) is 4.79 Å². The van der Waals surface area contributed by atoms with Gasteiger partial charge in [0.25, 0.3) is 0 Å². The zero-order valence-corrected chi connectivity index (χ0v) is 9.49. The number of carboxylic acid groups (broad SMARTS) is 1. The van der Waals surface area contributed by atoms with Crippen molar-refractivity contribution in [3.05, 3.63) is 22.2 Å². The molecular formula is C10H11ClN2O3. The molecule has 5 nitrogen and oxygen atoms in total. The second kappa shape index (κ2) is 4.35. The Balaban J connectivity index is 2.52. The first-order chi connectivity index (χ1) is 7.59. The number of halogens is 1. The summed E-state index contributed by atoms with van der Waals surface area (Å²) in [5.74, 6) is -0.656. The highest BCUT2D eigenvalue weighted by Gasteiger charge is 2.27. The minimum atomic E-state index is -1.12. The molecule has 16 heavy (non-hydrogen) atoms.